The fourth-order valence-corrected chi connectivity index (χ4v) is 2.90. The largest absolute Gasteiger partial charge is 0.496 e. The number of methoxy groups -OCH3 is 1. The zero-order valence-electron chi connectivity index (χ0n) is 14.7. The minimum Gasteiger partial charge on any atom is -0.496 e. The maximum Gasteiger partial charge on any atom is 0.258 e. The Bertz CT molecular complexity index is 681. The molecule has 1 aromatic heterocycles. The second-order valence-electron chi connectivity index (χ2n) is 6.17. The van der Waals surface area contributed by atoms with Gasteiger partial charge in [0.2, 0.25) is 0 Å². The number of carbonyl (C=O) groups is 1. The van der Waals surface area contributed by atoms with E-state index in [1.165, 1.54) is 0 Å². The van der Waals surface area contributed by atoms with Crippen molar-refractivity contribution in [1.29, 1.82) is 0 Å². The van der Waals surface area contributed by atoms with Crippen LogP contribution in [0.25, 0.3) is 11.3 Å². The van der Waals surface area contributed by atoms with Gasteiger partial charge in [0.05, 0.1) is 24.6 Å². The summed E-state index contributed by atoms with van der Waals surface area (Å²) in [5.74, 6) is 1.35. The number of hydrogen-bond donors (Lipinski definition) is 1. The van der Waals surface area contributed by atoms with Crippen LogP contribution < -0.4 is 4.74 Å². The molecule has 0 atom stereocenters. The van der Waals surface area contributed by atoms with Crippen molar-refractivity contribution in [1.82, 2.24) is 14.9 Å². The molecule has 1 heterocycles. The molecular formula is C18H25N3O2. The van der Waals surface area contributed by atoms with E-state index in [0.29, 0.717) is 11.3 Å². The lowest BCUT2D eigenvalue weighted by Gasteiger charge is -2.32. The molecule has 1 N–H and O–H groups in total. The molecule has 1 amide bonds. The molecule has 2 rings (SSSR count). The van der Waals surface area contributed by atoms with Crippen LogP contribution in [0.15, 0.2) is 24.4 Å². The van der Waals surface area contributed by atoms with Crippen molar-refractivity contribution in [2.24, 2.45) is 0 Å². The van der Waals surface area contributed by atoms with E-state index in [1.54, 1.807) is 13.3 Å². The summed E-state index contributed by atoms with van der Waals surface area (Å²) in [5, 5.41) is 0. The van der Waals surface area contributed by atoms with E-state index in [1.807, 2.05) is 57.7 Å². The average molecular weight is 315 g/mol. The van der Waals surface area contributed by atoms with Gasteiger partial charge in [0.25, 0.3) is 5.91 Å². The number of carbonyl (C=O) groups excluding carboxylic acids is 1. The van der Waals surface area contributed by atoms with E-state index in [2.05, 4.69) is 9.97 Å². The van der Waals surface area contributed by atoms with Crippen LogP contribution in [0.4, 0.5) is 0 Å². The van der Waals surface area contributed by atoms with Crippen molar-refractivity contribution in [2.75, 3.05) is 7.11 Å². The molecule has 124 valence electrons. The van der Waals surface area contributed by atoms with E-state index < -0.39 is 0 Å². The van der Waals surface area contributed by atoms with Crippen LogP contribution in [-0.4, -0.2) is 40.0 Å². The smallest absolute Gasteiger partial charge is 0.258 e. The monoisotopic (exact) mass is 315 g/mol. The molecule has 0 aliphatic carbocycles. The molecule has 2 aromatic rings. The molecule has 0 saturated heterocycles. The van der Waals surface area contributed by atoms with Crippen molar-refractivity contribution in [2.45, 2.75) is 46.7 Å². The van der Waals surface area contributed by atoms with Crippen molar-refractivity contribution in [3.63, 3.8) is 0 Å². The number of benzene rings is 1. The van der Waals surface area contributed by atoms with Crippen molar-refractivity contribution in [3.8, 4) is 17.0 Å². The van der Waals surface area contributed by atoms with E-state index in [0.717, 1.165) is 17.1 Å². The molecule has 23 heavy (non-hydrogen) atoms. The first-order valence-corrected chi connectivity index (χ1v) is 7.88. The molecule has 0 bridgehead atoms. The standard InChI is InChI=1S/C18H25N3O2/c1-11(2)21(12(3)4)18(22)17-14(8-7-9-16(17)23-6)15-10-19-13(5)20-15/h7-12H,1-6H3,(H,19,20). The Morgan fingerprint density at radius 2 is 1.87 bits per heavy atom. The maximum absolute atomic E-state index is 13.2. The Kier molecular flexibility index (Phi) is 5.08. The van der Waals surface area contributed by atoms with Crippen molar-refractivity contribution in [3.05, 3.63) is 35.8 Å². The minimum atomic E-state index is -0.0327. The fourth-order valence-electron chi connectivity index (χ4n) is 2.90. The normalized spacial score (nSPS) is 11.1. The summed E-state index contributed by atoms with van der Waals surface area (Å²) >= 11 is 0. The second-order valence-corrected chi connectivity index (χ2v) is 6.17. The number of hydrogen-bond acceptors (Lipinski definition) is 3. The van der Waals surface area contributed by atoms with Gasteiger partial charge in [-0.15, -0.1) is 0 Å². The molecule has 0 aliphatic rings. The topological polar surface area (TPSA) is 58.2 Å². The molecule has 0 aliphatic heterocycles. The van der Waals surface area contributed by atoms with Crippen molar-refractivity contribution >= 4 is 5.91 Å². The summed E-state index contributed by atoms with van der Waals surface area (Å²) in [4.78, 5) is 22.5. The van der Waals surface area contributed by atoms with Gasteiger partial charge in [-0.05, 0) is 40.7 Å². The van der Waals surface area contributed by atoms with Crippen molar-refractivity contribution < 1.29 is 9.53 Å². The molecule has 5 heteroatoms. The highest BCUT2D eigenvalue weighted by Crippen LogP contribution is 2.32. The number of aromatic nitrogens is 2. The summed E-state index contributed by atoms with van der Waals surface area (Å²) < 4.78 is 5.46. The third-order valence-corrected chi connectivity index (χ3v) is 3.80. The summed E-state index contributed by atoms with van der Waals surface area (Å²) in [5.41, 5.74) is 2.19. The number of aromatic amines is 1. The predicted octanol–water partition coefficient (Wildman–Crippen LogP) is 3.65. The molecule has 0 spiro atoms. The first kappa shape index (κ1) is 17.1. The van der Waals surface area contributed by atoms with E-state index in [9.17, 15) is 4.79 Å². The quantitative estimate of drug-likeness (QED) is 0.916. The van der Waals surface area contributed by atoms with Crippen LogP contribution in [0.3, 0.4) is 0 Å². The van der Waals surface area contributed by atoms with Crippen LogP contribution in [0.1, 0.15) is 43.9 Å². The Morgan fingerprint density at radius 1 is 1.22 bits per heavy atom. The fraction of sp³-hybridized carbons (Fsp3) is 0.444. The lowest BCUT2D eigenvalue weighted by atomic mass is 10.0. The number of amides is 1. The van der Waals surface area contributed by atoms with Gasteiger partial charge in [-0.25, -0.2) is 4.98 Å². The first-order chi connectivity index (χ1) is 10.9. The van der Waals surface area contributed by atoms with Crippen LogP contribution in [0.5, 0.6) is 5.75 Å². The van der Waals surface area contributed by atoms with Crippen LogP contribution in [-0.2, 0) is 0 Å². The number of nitrogens with zero attached hydrogens (tertiary/aromatic N) is 2. The zero-order valence-corrected chi connectivity index (χ0v) is 14.7. The molecule has 5 nitrogen and oxygen atoms in total. The van der Waals surface area contributed by atoms with E-state index in [4.69, 9.17) is 4.74 Å². The van der Waals surface area contributed by atoms with Gasteiger partial charge >= 0.3 is 0 Å². The predicted molar refractivity (Wildman–Crippen MR) is 91.8 cm³/mol. The van der Waals surface area contributed by atoms with Crippen LogP contribution in [0.2, 0.25) is 0 Å². The summed E-state index contributed by atoms with van der Waals surface area (Å²) in [6.07, 6.45) is 1.75. The Hall–Kier alpha value is -2.30. The van der Waals surface area contributed by atoms with Gasteiger partial charge in [0.1, 0.15) is 11.6 Å². The van der Waals surface area contributed by atoms with Gasteiger partial charge in [-0.3, -0.25) is 4.79 Å². The lowest BCUT2D eigenvalue weighted by Crippen LogP contribution is -2.42. The van der Waals surface area contributed by atoms with Crippen LogP contribution >= 0.6 is 0 Å². The summed E-state index contributed by atoms with van der Waals surface area (Å²) in [6.45, 7) is 9.97. The number of nitrogens with one attached hydrogen (secondary N) is 1. The number of imidazole rings is 1. The summed E-state index contributed by atoms with van der Waals surface area (Å²) in [6, 6.07) is 5.82. The lowest BCUT2D eigenvalue weighted by molar-refractivity contribution is 0.0641. The zero-order chi connectivity index (χ0) is 17.1. The minimum absolute atomic E-state index is 0.0327. The van der Waals surface area contributed by atoms with E-state index in [-0.39, 0.29) is 18.0 Å². The highest BCUT2D eigenvalue weighted by molar-refractivity contribution is 6.03. The molecule has 0 radical (unpaired) electrons. The number of H-pyrrole nitrogens is 1. The Labute approximate surface area is 137 Å². The van der Waals surface area contributed by atoms with Gasteiger partial charge in [-0.2, -0.15) is 0 Å². The summed E-state index contributed by atoms with van der Waals surface area (Å²) in [7, 11) is 1.59. The highest BCUT2D eigenvalue weighted by Gasteiger charge is 2.27. The number of ether oxygens (including phenoxy) is 1. The number of aryl methyl sites for hydroxylation is 1. The van der Waals surface area contributed by atoms with E-state index >= 15 is 0 Å². The van der Waals surface area contributed by atoms with Crippen LogP contribution in [0, 0.1) is 6.92 Å². The molecule has 0 saturated carbocycles. The Morgan fingerprint density at radius 3 is 2.35 bits per heavy atom. The van der Waals surface area contributed by atoms with Gasteiger partial charge in [0.15, 0.2) is 0 Å². The second kappa shape index (κ2) is 6.86. The van der Waals surface area contributed by atoms with Gasteiger partial charge in [-0.1, -0.05) is 12.1 Å². The average Bonchev–Trinajstić information content (AvgIpc) is 2.92. The Balaban J connectivity index is 2.62. The van der Waals surface area contributed by atoms with Gasteiger partial charge in [0, 0.05) is 17.6 Å². The highest BCUT2D eigenvalue weighted by atomic mass is 16.5. The molecular weight excluding hydrogens is 290 g/mol. The maximum atomic E-state index is 13.2. The third-order valence-electron chi connectivity index (χ3n) is 3.80. The molecule has 0 fully saturated rings. The number of rotatable bonds is 5. The SMILES string of the molecule is COc1cccc(-c2cnc(C)[nH]2)c1C(=O)N(C(C)C)C(C)C. The third kappa shape index (κ3) is 3.38. The molecule has 0 unspecified atom stereocenters. The molecule has 1 aromatic carbocycles. The first-order valence-electron chi connectivity index (χ1n) is 7.88. The van der Waals surface area contributed by atoms with Gasteiger partial charge < -0.3 is 14.6 Å².